The van der Waals surface area contributed by atoms with E-state index in [2.05, 4.69) is 32.0 Å². The van der Waals surface area contributed by atoms with Gasteiger partial charge in [-0.15, -0.1) is 0 Å². The van der Waals surface area contributed by atoms with Gasteiger partial charge in [0.15, 0.2) is 5.78 Å². The van der Waals surface area contributed by atoms with Crippen molar-refractivity contribution < 1.29 is 14.3 Å². The molecule has 0 fully saturated rings. The zero-order chi connectivity index (χ0) is 23.8. The Morgan fingerprint density at radius 3 is 2.29 bits per heavy atom. The number of rotatable bonds is 4. The molecule has 0 N–H and O–H groups in total. The summed E-state index contributed by atoms with van der Waals surface area (Å²) in [5.74, 6) is 0.591. The van der Waals surface area contributed by atoms with Crippen LogP contribution in [-0.4, -0.2) is 18.8 Å². The highest BCUT2D eigenvalue weighted by Crippen LogP contribution is 2.48. The molecule has 4 nitrogen and oxygen atoms in total. The van der Waals surface area contributed by atoms with E-state index in [4.69, 9.17) is 4.74 Å². The molecule has 172 valence electrons. The summed E-state index contributed by atoms with van der Waals surface area (Å²) in [7, 11) is 1.63. The highest BCUT2D eigenvalue weighted by atomic mass is 16.5. The van der Waals surface area contributed by atoms with Gasteiger partial charge < -0.3 is 4.74 Å². The maximum absolute atomic E-state index is 13.8. The van der Waals surface area contributed by atoms with Crippen LogP contribution in [0.1, 0.15) is 53.4 Å². The molecule has 0 saturated heterocycles. The van der Waals surface area contributed by atoms with Crippen LogP contribution in [0.4, 0.5) is 5.69 Å². The minimum atomic E-state index is -0.300. The average molecular weight is 452 g/mol. The van der Waals surface area contributed by atoms with Crippen molar-refractivity contribution in [2.75, 3.05) is 12.0 Å². The van der Waals surface area contributed by atoms with Crippen molar-refractivity contribution in [3.8, 4) is 5.75 Å². The van der Waals surface area contributed by atoms with Gasteiger partial charge in [0.25, 0.3) is 0 Å². The highest BCUT2D eigenvalue weighted by molar-refractivity contribution is 6.08. The number of para-hydroxylation sites is 1. The Kier molecular flexibility index (Phi) is 5.82. The number of benzene rings is 3. The maximum atomic E-state index is 13.8. The maximum Gasteiger partial charge on any atom is 0.232 e. The van der Waals surface area contributed by atoms with Gasteiger partial charge in [0.2, 0.25) is 5.91 Å². The van der Waals surface area contributed by atoms with Gasteiger partial charge in [-0.3, -0.25) is 14.5 Å². The first-order valence-corrected chi connectivity index (χ1v) is 11.8. The van der Waals surface area contributed by atoms with Gasteiger partial charge in [0.05, 0.1) is 7.11 Å². The Bertz CT molecular complexity index is 1290. The first-order chi connectivity index (χ1) is 16.5. The molecule has 0 spiro atoms. The summed E-state index contributed by atoms with van der Waals surface area (Å²) in [5, 5.41) is 0. The van der Waals surface area contributed by atoms with Crippen molar-refractivity contribution in [2.24, 2.45) is 0 Å². The molecule has 0 bridgehead atoms. The van der Waals surface area contributed by atoms with Crippen LogP contribution in [0.25, 0.3) is 0 Å². The van der Waals surface area contributed by atoms with Crippen LogP contribution in [0.15, 0.2) is 84.1 Å². The van der Waals surface area contributed by atoms with E-state index in [0.717, 1.165) is 33.6 Å². The molecule has 0 aromatic heterocycles. The standard InChI is InChI=1S/C30H29NO3/c1-19-13-14-23(15-20(19)2)31-26-16-22(21-9-5-4-6-10-21)17-27(32)30(26)25(18-29(31)33)24-11-7-8-12-28(24)34-3/h4-15,22,25H,16-18H2,1-3H3. The lowest BCUT2D eigenvalue weighted by molar-refractivity contribution is -0.120. The highest BCUT2D eigenvalue weighted by Gasteiger charge is 2.43. The van der Waals surface area contributed by atoms with Gasteiger partial charge >= 0.3 is 0 Å². The summed E-state index contributed by atoms with van der Waals surface area (Å²) in [4.78, 5) is 29.3. The molecule has 2 atom stereocenters. The number of hydrogen-bond acceptors (Lipinski definition) is 3. The number of methoxy groups -OCH3 is 1. The zero-order valence-electron chi connectivity index (χ0n) is 19.9. The molecule has 4 heteroatoms. The van der Waals surface area contributed by atoms with E-state index >= 15 is 0 Å². The monoisotopic (exact) mass is 451 g/mol. The zero-order valence-corrected chi connectivity index (χ0v) is 19.9. The van der Waals surface area contributed by atoms with E-state index in [0.29, 0.717) is 18.6 Å². The number of carbonyl (C=O) groups excluding carboxylic acids is 2. The van der Waals surface area contributed by atoms with Crippen molar-refractivity contribution in [1.29, 1.82) is 0 Å². The van der Waals surface area contributed by atoms with Crippen molar-refractivity contribution in [1.82, 2.24) is 0 Å². The summed E-state index contributed by atoms with van der Waals surface area (Å²) >= 11 is 0. The molecule has 34 heavy (non-hydrogen) atoms. The third kappa shape index (κ3) is 3.83. The Labute approximate surface area is 200 Å². The number of aryl methyl sites for hydroxylation is 2. The first-order valence-electron chi connectivity index (χ1n) is 11.8. The smallest absolute Gasteiger partial charge is 0.232 e. The topological polar surface area (TPSA) is 46.6 Å². The predicted octanol–water partition coefficient (Wildman–Crippen LogP) is 6.23. The number of ether oxygens (including phenoxy) is 1. The summed E-state index contributed by atoms with van der Waals surface area (Å²) in [6.45, 7) is 4.12. The van der Waals surface area contributed by atoms with Gasteiger partial charge in [0, 0.05) is 41.3 Å². The molecular weight excluding hydrogens is 422 g/mol. The van der Waals surface area contributed by atoms with Crippen LogP contribution in [0.2, 0.25) is 0 Å². The van der Waals surface area contributed by atoms with Gasteiger partial charge in [0.1, 0.15) is 5.75 Å². The molecular formula is C30H29NO3. The number of hydrogen-bond donors (Lipinski definition) is 0. The van der Waals surface area contributed by atoms with Crippen LogP contribution < -0.4 is 9.64 Å². The van der Waals surface area contributed by atoms with Crippen molar-refractivity contribution >= 4 is 17.4 Å². The minimum Gasteiger partial charge on any atom is -0.496 e. The summed E-state index contributed by atoms with van der Waals surface area (Å²) in [5.41, 5.74) is 6.76. The Morgan fingerprint density at radius 2 is 1.56 bits per heavy atom. The summed E-state index contributed by atoms with van der Waals surface area (Å²) in [6, 6.07) is 24.0. The predicted molar refractivity (Wildman–Crippen MR) is 134 cm³/mol. The van der Waals surface area contributed by atoms with Gasteiger partial charge in [-0.1, -0.05) is 54.6 Å². The number of nitrogens with zero attached hydrogens (tertiary/aromatic N) is 1. The Hall–Kier alpha value is -3.66. The Balaban J connectivity index is 1.68. The number of allylic oxidation sites excluding steroid dienone is 2. The van der Waals surface area contributed by atoms with Crippen LogP contribution >= 0.6 is 0 Å². The molecule has 3 aromatic carbocycles. The number of ketones is 1. The molecule has 3 aromatic rings. The van der Waals surface area contributed by atoms with Crippen LogP contribution in [0.3, 0.4) is 0 Å². The van der Waals surface area contributed by atoms with Gasteiger partial charge in [-0.2, -0.15) is 0 Å². The normalized spacial score (nSPS) is 20.4. The summed E-state index contributed by atoms with van der Waals surface area (Å²) < 4.78 is 5.62. The van der Waals surface area contributed by atoms with E-state index in [1.807, 2.05) is 54.6 Å². The molecule has 2 aliphatic rings. The molecule has 0 saturated carbocycles. The van der Waals surface area contributed by atoms with Crippen molar-refractivity contribution in [2.45, 2.75) is 44.9 Å². The average Bonchev–Trinajstić information content (AvgIpc) is 2.85. The lowest BCUT2D eigenvalue weighted by atomic mass is 9.72. The number of anilines is 1. The largest absolute Gasteiger partial charge is 0.496 e. The first kappa shape index (κ1) is 22.1. The number of Topliss-reactive ketones (excluding diaryl/α,β-unsaturated/α-hetero) is 1. The van der Waals surface area contributed by atoms with E-state index in [-0.39, 0.29) is 29.9 Å². The van der Waals surface area contributed by atoms with Crippen molar-refractivity contribution in [3.63, 3.8) is 0 Å². The van der Waals surface area contributed by atoms with Gasteiger partial charge in [-0.25, -0.2) is 0 Å². The molecule has 1 amide bonds. The van der Waals surface area contributed by atoms with E-state index in [1.165, 1.54) is 5.56 Å². The quantitative estimate of drug-likeness (QED) is 0.472. The Morgan fingerprint density at radius 1 is 0.824 bits per heavy atom. The lowest BCUT2D eigenvalue weighted by Crippen LogP contribution is -2.42. The SMILES string of the molecule is COc1ccccc1C1CC(=O)N(c2ccc(C)c(C)c2)C2=C1C(=O)CC(c1ccccc1)C2. The second kappa shape index (κ2) is 8.94. The van der Waals surface area contributed by atoms with Crippen LogP contribution in [0, 0.1) is 13.8 Å². The van der Waals surface area contributed by atoms with Crippen LogP contribution in [0.5, 0.6) is 5.75 Å². The molecule has 2 unspecified atom stereocenters. The number of carbonyl (C=O) groups is 2. The fourth-order valence-corrected chi connectivity index (χ4v) is 5.38. The van der Waals surface area contributed by atoms with Gasteiger partial charge in [-0.05, 0) is 61.1 Å². The third-order valence-corrected chi connectivity index (χ3v) is 7.26. The molecule has 0 radical (unpaired) electrons. The molecule has 1 heterocycles. The molecule has 1 aliphatic heterocycles. The summed E-state index contributed by atoms with van der Waals surface area (Å²) in [6.07, 6.45) is 1.34. The fourth-order valence-electron chi connectivity index (χ4n) is 5.38. The van der Waals surface area contributed by atoms with Crippen molar-refractivity contribution in [3.05, 3.63) is 106 Å². The molecule has 5 rings (SSSR count). The van der Waals surface area contributed by atoms with E-state index in [9.17, 15) is 9.59 Å². The van der Waals surface area contributed by atoms with E-state index in [1.54, 1.807) is 12.0 Å². The lowest BCUT2D eigenvalue weighted by Gasteiger charge is -2.41. The van der Waals surface area contributed by atoms with E-state index < -0.39 is 0 Å². The van der Waals surface area contributed by atoms with Crippen LogP contribution in [-0.2, 0) is 9.59 Å². The second-order valence-corrected chi connectivity index (χ2v) is 9.30. The second-order valence-electron chi connectivity index (χ2n) is 9.30. The fraction of sp³-hybridized carbons (Fsp3) is 0.267. The number of amides is 1. The third-order valence-electron chi connectivity index (χ3n) is 7.26. The molecule has 1 aliphatic carbocycles. The minimum absolute atomic E-state index is 0.0134.